The number of aromatic nitrogens is 2. The molecule has 9 rings (SSSR count). The predicted octanol–water partition coefficient (Wildman–Crippen LogP) is 8.23. The van der Waals surface area contributed by atoms with E-state index in [4.69, 9.17) is 40.3 Å². The molecule has 4 bridgehead atoms. The lowest BCUT2D eigenvalue weighted by atomic mass is 9.47. The standard InChI is InChI=1S/C44H50ClN3O8/c1-23(2)11-10-16-42(8)17-15-27-35(54-42)26(13-12-24(3)4)37-31(36(27)53-30(49)22-45)33-32-34(48-20-19-46-40(48)47-33)28-21-29-41(6,7)56-43(38(28)50,44(29,32)55-37)18-14-25(5)39(51)52-9/h11-12,14-15,17,19-20,28-29,34H,10,13,16,18,21-22H2,1-9H3,(H,46,47)/b25-14-. The van der Waals surface area contributed by atoms with E-state index in [9.17, 15) is 9.59 Å². The van der Waals surface area contributed by atoms with Crippen LogP contribution in [0.1, 0.15) is 104 Å². The molecule has 11 nitrogen and oxygen atoms in total. The average Bonchev–Trinajstić information content (AvgIpc) is 3.67. The van der Waals surface area contributed by atoms with E-state index in [1.165, 1.54) is 12.7 Å². The summed E-state index contributed by atoms with van der Waals surface area (Å²) in [5, 5.41) is 3.63. The number of alkyl halides is 1. The summed E-state index contributed by atoms with van der Waals surface area (Å²) in [7, 11) is 1.34. The fourth-order valence-electron chi connectivity index (χ4n) is 10.1. The number of nitrogens with one attached hydrogen (secondary N) is 1. The van der Waals surface area contributed by atoms with Crippen LogP contribution in [0.5, 0.6) is 17.2 Å². The smallest absolute Gasteiger partial charge is 0.333 e. The Kier molecular flexibility index (Phi) is 9.04. The Labute approximate surface area is 332 Å². The molecule has 12 heteroatoms. The van der Waals surface area contributed by atoms with Crippen LogP contribution in [0.4, 0.5) is 5.95 Å². The lowest BCUT2D eigenvalue weighted by Gasteiger charge is -2.62. The van der Waals surface area contributed by atoms with Crippen LogP contribution in [0.15, 0.2) is 59.0 Å². The topological polar surface area (TPSA) is 127 Å². The van der Waals surface area contributed by atoms with Gasteiger partial charge in [0.2, 0.25) is 5.95 Å². The van der Waals surface area contributed by atoms with Crippen molar-refractivity contribution < 1.29 is 38.1 Å². The van der Waals surface area contributed by atoms with E-state index in [1.54, 1.807) is 19.2 Å². The van der Waals surface area contributed by atoms with Gasteiger partial charge in [-0.05, 0) is 93.2 Å². The van der Waals surface area contributed by atoms with E-state index in [2.05, 4.69) is 38.2 Å². The number of nitrogens with zero attached hydrogens (tertiary/aromatic N) is 2. The molecule has 6 unspecified atom stereocenters. The quantitative estimate of drug-likeness (QED) is 0.0828. The van der Waals surface area contributed by atoms with Crippen LogP contribution < -0.4 is 19.5 Å². The van der Waals surface area contributed by atoms with Gasteiger partial charge in [0, 0.05) is 47.4 Å². The first-order chi connectivity index (χ1) is 26.5. The van der Waals surface area contributed by atoms with Crippen molar-refractivity contribution in [3.8, 4) is 17.2 Å². The largest absolute Gasteiger partial charge is 0.482 e. The van der Waals surface area contributed by atoms with Crippen molar-refractivity contribution in [3.05, 3.63) is 75.7 Å². The molecule has 1 N–H and O–H groups in total. The maximum absolute atomic E-state index is 15.4. The molecule has 1 saturated heterocycles. The van der Waals surface area contributed by atoms with E-state index >= 15 is 4.79 Å². The number of carbonyl (C=O) groups is 3. The number of hydrogen-bond acceptors (Lipinski definition) is 10. The predicted molar refractivity (Wildman–Crippen MR) is 213 cm³/mol. The van der Waals surface area contributed by atoms with Crippen LogP contribution in [0.2, 0.25) is 0 Å². The number of imidazole rings is 1. The molecule has 56 heavy (non-hydrogen) atoms. The van der Waals surface area contributed by atoms with Crippen molar-refractivity contribution in [2.24, 2.45) is 11.8 Å². The maximum atomic E-state index is 15.4. The minimum Gasteiger partial charge on any atom is -0.482 e. The van der Waals surface area contributed by atoms with Gasteiger partial charge in [-0.25, -0.2) is 9.78 Å². The van der Waals surface area contributed by atoms with E-state index in [1.807, 2.05) is 50.6 Å². The first-order valence-electron chi connectivity index (χ1n) is 19.4. The van der Waals surface area contributed by atoms with Crippen LogP contribution >= 0.6 is 11.6 Å². The van der Waals surface area contributed by atoms with Crippen molar-refractivity contribution in [1.82, 2.24) is 9.55 Å². The molecule has 4 fully saturated rings. The molecule has 0 radical (unpaired) electrons. The minimum absolute atomic E-state index is 0.0722. The summed E-state index contributed by atoms with van der Waals surface area (Å²) in [5.41, 5.74) is 1.65. The molecule has 1 aromatic heterocycles. The van der Waals surface area contributed by atoms with Crippen LogP contribution in [0, 0.1) is 11.8 Å². The fraction of sp³-hybridized carbons (Fsp3) is 0.500. The summed E-state index contributed by atoms with van der Waals surface area (Å²) < 4.78 is 35.2. The zero-order chi connectivity index (χ0) is 40.1. The Morgan fingerprint density at radius 3 is 2.52 bits per heavy atom. The lowest BCUT2D eigenvalue weighted by molar-refractivity contribution is -0.181. The van der Waals surface area contributed by atoms with E-state index < -0.39 is 46.3 Å². The lowest BCUT2D eigenvalue weighted by Crippen LogP contribution is -2.75. The van der Waals surface area contributed by atoms with Crippen molar-refractivity contribution in [1.29, 1.82) is 0 Å². The molecule has 1 aromatic carbocycles. The van der Waals surface area contributed by atoms with Crippen molar-refractivity contribution in [3.63, 3.8) is 0 Å². The molecule has 0 amide bonds. The van der Waals surface area contributed by atoms with Crippen LogP contribution in [0.3, 0.4) is 0 Å². The monoisotopic (exact) mass is 783 g/mol. The SMILES string of the molecule is COC(=O)/C(C)=C\CC12OC(C)(C)C3CC(C1=O)C1C4=C(Nc5nccn51)c1c(OC(=O)CCl)c5c(c(CC=C(C)C)c1OC432)OC(C)(CCC=C(C)C)C=C5. The highest BCUT2D eigenvalue weighted by Crippen LogP contribution is 2.74. The number of Topliss-reactive ketones (excluding diaryl/α,β-unsaturated/α-hetero) is 1. The molecule has 3 aliphatic carbocycles. The molecule has 296 valence electrons. The van der Waals surface area contributed by atoms with Gasteiger partial charge >= 0.3 is 11.9 Å². The van der Waals surface area contributed by atoms with Gasteiger partial charge in [0.15, 0.2) is 22.7 Å². The molecule has 3 saturated carbocycles. The second-order valence-corrected chi connectivity index (χ2v) is 17.4. The third-order valence-corrected chi connectivity index (χ3v) is 12.7. The van der Waals surface area contributed by atoms with Gasteiger partial charge in [0.25, 0.3) is 0 Å². The Balaban J connectivity index is 1.46. The van der Waals surface area contributed by atoms with Gasteiger partial charge in [0.1, 0.15) is 23.0 Å². The summed E-state index contributed by atoms with van der Waals surface area (Å²) >= 11 is 6.13. The Hall–Kier alpha value is -4.61. The molecular formula is C44H50ClN3O8. The number of benzene rings is 1. The van der Waals surface area contributed by atoms with Crippen molar-refractivity contribution in [2.75, 3.05) is 18.3 Å². The van der Waals surface area contributed by atoms with Crippen LogP contribution in [0.25, 0.3) is 11.8 Å². The van der Waals surface area contributed by atoms with E-state index in [0.717, 1.165) is 23.1 Å². The second kappa shape index (κ2) is 13.2. The summed E-state index contributed by atoms with van der Waals surface area (Å²) in [5.74, 6) is -0.601. The Morgan fingerprint density at radius 1 is 1.07 bits per heavy atom. The molecule has 7 aliphatic rings. The normalized spacial score (nSPS) is 29.5. The molecule has 2 aromatic rings. The van der Waals surface area contributed by atoms with Crippen LogP contribution in [-0.2, 0) is 30.3 Å². The highest BCUT2D eigenvalue weighted by molar-refractivity contribution is 6.26. The highest BCUT2D eigenvalue weighted by atomic mass is 35.5. The summed E-state index contributed by atoms with van der Waals surface area (Å²) in [6, 6.07) is -0.462. The molecule has 5 heterocycles. The molecule has 1 spiro atoms. The van der Waals surface area contributed by atoms with E-state index in [0.29, 0.717) is 59.1 Å². The number of hydrogen-bond donors (Lipinski definition) is 1. The van der Waals surface area contributed by atoms with Gasteiger partial charge in [-0.3, -0.25) is 9.59 Å². The van der Waals surface area contributed by atoms with E-state index in [-0.39, 0.29) is 29.8 Å². The first kappa shape index (κ1) is 38.3. The summed E-state index contributed by atoms with van der Waals surface area (Å²) in [6.07, 6.45) is 16.1. The highest BCUT2D eigenvalue weighted by Gasteiger charge is 2.84. The number of fused-ring (bicyclic) bond motifs is 4. The third-order valence-electron chi connectivity index (χ3n) is 12.5. The number of methoxy groups -OCH3 is 1. The minimum atomic E-state index is -1.52. The van der Waals surface area contributed by atoms with Gasteiger partial charge < -0.3 is 33.6 Å². The zero-order valence-corrected chi connectivity index (χ0v) is 34.3. The zero-order valence-electron chi connectivity index (χ0n) is 33.6. The number of halogens is 1. The van der Waals surface area contributed by atoms with Crippen molar-refractivity contribution >= 4 is 47.0 Å². The summed E-state index contributed by atoms with van der Waals surface area (Å²) in [4.78, 5) is 46.1. The van der Waals surface area contributed by atoms with Crippen LogP contribution in [-0.4, -0.2) is 62.7 Å². The Morgan fingerprint density at radius 2 is 1.82 bits per heavy atom. The second-order valence-electron chi connectivity index (χ2n) is 17.1. The van der Waals surface area contributed by atoms with Gasteiger partial charge in [-0.15, -0.1) is 11.6 Å². The fourth-order valence-corrected chi connectivity index (χ4v) is 10.2. The van der Waals surface area contributed by atoms with Crippen molar-refractivity contribution in [2.45, 2.75) is 116 Å². The third kappa shape index (κ3) is 5.40. The maximum Gasteiger partial charge on any atom is 0.333 e. The molecule has 4 aliphatic heterocycles. The number of ether oxygens (including phenoxy) is 5. The number of anilines is 1. The van der Waals surface area contributed by atoms with Gasteiger partial charge in [0.05, 0.1) is 35.6 Å². The number of esters is 2. The van der Waals surface area contributed by atoms with Gasteiger partial charge in [-0.1, -0.05) is 29.4 Å². The average molecular weight is 784 g/mol. The summed E-state index contributed by atoms with van der Waals surface area (Å²) in [6.45, 7) is 16.0. The number of allylic oxidation sites excluding steroid dienone is 4. The van der Waals surface area contributed by atoms with Gasteiger partial charge in [-0.2, -0.15) is 0 Å². The molecule has 6 atom stereocenters. The number of rotatable bonds is 10. The first-order valence-corrected chi connectivity index (χ1v) is 19.9. The number of ketones is 1. The Bertz CT molecular complexity index is 2240. The number of carbonyl (C=O) groups excluding carboxylic acids is 3. The molecular weight excluding hydrogens is 734 g/mol.